The number of nitrogen functional groups attached to an aromatic ring is 1. The van der Waals surface area contributed by atoms with Crippen LogP contribution in [0.5, 0.6) is 5.75 Å². The van der Waals surface area contributed by atoms with Crippen molar-refractivity contribution in [2.45, 2.75) is 26.7 Å². The molecule has 0 spiro atoms. The van der Waals surface area contributed by atoms with Gasteiger partial charge in [0.15, 0.2) is 0 Å². The van der Waals surface area contributed by atoms with Gasteiger partial charge in [-0.05, 0) is 40.9 Å². The van der Waals surface area contributed by atoms with Gasteiger partial charge >= 0.3 is 0 Å². The number of nitrogens with zero attached hydrogens (tertiary/aromatic N) is 1. The lowest BCUT2D eigenvalue weighted by Gasteiger charge is -2.19. The van der Waals surface area contributed by atoms with Crippen molar-refractivity contribution in [3.8, 4) is 5.75 Å². The molecule has 0 amide bonds. The second-order valence-electron chi connectivity index (χ2n) is 4.76. The number of hydrogen-bond donors (Lipinski definition) is 2. The Morgan fingerprint density at radius 3 is 2.58 bits per heavy atom. The van der Waals surface area contributed by atoms with E-state index in [1.165, 1.54) is 0 Å². The zero-order valence-electron chi connectivity index (χ0n) is 11.5. The van der Waals surface area contributed by atoms with E-state index in [-0.39, 0.29) is 0 Å². The monoisotopic (exact) mass is 323 g/mol. The van der Waals surface area contributed by atoms with Crippen LogP contribution in [0.25, 0.3) is 10.9 Å². The van der Waals surface area contributed by atoms with E-state index in [2.05, 4.69) is 35.2 Å². The van der Waals surface area contributed by atoms with Gasteiger partial charge in [-0.15, -0.1) is 0 Å². The van der Waals surface area contributed by atoms with Gasteiger partial charge in [0.05, 0.1) is 23.7 Å². The predicted molar refractivity (Wildman–Crippen MR) is 82.6 cm³/mol. The van der Waals surface area contributed by atoms with Gasteiger partial charge in [0, 0.05) is 15.7 Å². The minimum atomic E-state index is 0.326. The highest BCUT2D eigenvalue weighted by atomic mass is 79.9. The molecule has 3 N–H and O–H groups in total. The number of fused-ring (bicyclic) bond motifs is 1. The molecule has 0 saturated heterocycles. The van der Waals surface area contributed by atoms with Crippen LogP contribution < -0.4 is 16.0 Å². The molecule has 102 valence electrons. The Labute approximate surface area is 121 Å². The number of halogens is 1. The quantitative estimate of drug-likeness (QED) is 0.667. The lowest BCUT2D eigenvalue weighted by atomic mass is 9.96. The molecular weight excluding hydrogens is 306 g/mol. The number of nitrogens with two attached hydrogens (primary N) is 1. The van der Waals surface area contributed by atoms with E-state index in [0.717, 1.165) is 38.1 Å². The molecule has 0 radical (unpaired) electrons. The number of anilines is 1. The largest absolute Gasteiger partial charge is 0.496 e. The Balaban J connectivity index is 2.98. The second-order valence-corrected chi connectivity index (χ2v) is 5.61. The van der Waals surface area contributed by atoms with Crippen molar-refractivity contribution in [1.29, 1.82) is 0 Å². The summed E-state index contributed by atoms with van der Waals surface area (Å²) in [6, 6.07) is 3.84. The van der Waals surface area contributed by atoms with Crippen molar-refractivity contribution >= 4 is 32.5 Å². The van der Waals surface area contributed by atoms with Crippen LogP contribution in [-0.2, 0) is 0 Å². The topological polar surface area (TPSA) is 60.2 Å². The molecule has 2 aromatic rings. The third-order valence-electron chi connectivity index (χ3n) is 3.22. The molecule has 1 aromatic carbocycles. The number of hydrazine groups is 1. The zero-order chi connectivity index (χ0) is 14.2. The average Bonchev–Trinajstić information content (AvgIpc) is 2.38. The summed E-state index contributed by atoms with van der Waals surface area (Å²) in [6.07, 6.45) is 0. The molecule has 4 nitrogen and oxygen atoms in total. The van der Waals surface area contributed by atoms with Crippen molar-refractivity contribution in [2.24, 2.45) is 5.84 Å². The van der Waals surface area contributed by atoms with Gasteiger partial charge in [-0.25, -0.2) is 0 Å². The molecule has 0 aliphatic rings. The van der Waals surface area contributed by atoms with E-state index in [1.807, 2.05) is 19.1 Å². The first kappa shape index (κ1) is 14.1. The summed E-state index contributed by atoms with van der Waals surface area (Å²) in [5.74, 6) is 6.84. The van der Waals surface area contributed by atoms with Crippen LogP contribution in [0.15, 0.2) is 16.6 Å². The number of ether oxygens (including phenoxy) is 1. The highest BCUT2D eigenvalue weighted by Crippen LogP contribution is 2.40. The number of hydrogen-bond acceptors (Lipinski definition) is 4. The van der Waals surface area contributed by atoms with Gasteiger partial charge in [0.25, 0.3) is 0 Å². The lowest BCUT2D eigenvalue weighted by molar-refractivity contribution is 0.419. The van der Waals surface area contributed by atoms with Crippen LogP contribution in [0.1, 0.15) is 31.0 Å². The standard InChI is InChI=1S/C14H18BrN3O/c1-7(2)11-8(3)17-13-9(15)5-6-10(19-4)12(13)14(11)18-16/h5-7H,16H2,1-4H3,(H,17,18). The molecule has 19 heavy (non-hydrogen) atoms. The van der Waals surface area contributed by atoms with Gasteiger partial charge in [-0.2, -0.15) is 0 Å². The molecule has 1 heterocycles. The first-order valence-corrected chi connectivity index (χ1v) is 6.93. The van der Waals surface area contributed by atoms with E-state index < -0.39 is 0 Å². The lowest BCUT2D eigenvalue weighted by Crippen LogP contribution is -2.13. The molecule has 0 fully saturated rings. The van der Waals surface area contributed by atoms with Crippen LogP contribution in [-0.4, -0.2) is 12.1 Å². The molecule has 1 aromatic heterocycles. The molecule has 0 bridgehead atoms. The molecule has 0 saturated carbocycles. The summed E-state index contributed by atoms with van der Waals surface area (Å²) in [5, 5.41) is 0.911. The van der Waals surface area contributed by atoms with Gasteiger partial charge < -0.3 is 10.2 Å². The van der Waals surface area contributed by atoms with Crippen molar-refractivity contribution in [3.63, 3.8) is 0 Å². The van der Waals surface area contributed by atoms with E-state index in [4.69, 9.17) is 15.6 Å². The zero-order valence-corrected chi connectivity index (χ0v) is 13.1. The number of aromatic nitrogens is 1. The fourth-order valence-electron chi connectivity index (χ4n) is 2.47. The maximum atomic E-state index is 5.75. The fraction of sp³-hybridized carbons (Fsp3) is 0.357. The van der Waals surface area contributed by atoms with Crippen molar-refractivity contribution < 1.29 is 4.74 Å². The minimum Gasteiger partial charge on any atom is -0.496 e. The maximum absolute atomic E-state index is 5.75. The molecule has 0 unspecified atom stereocenters. The maximum Gasteiger partial charge on any atom is 0.130 e. The van der Waals surface area contributed by atoms with Gasteiger partial charge in [0.1, 0.15) is 5.75 Å². The Kier molecular flexibility index (Phi) is 3.96. The van der Waals surface area contributed by atoms with E-state index in [0.29, 0.717) is 5.92 Å². The highest BCUT2D eigenvalue weighted by molar-refractivity contribution is 9.10. The van der Waals surface area contributed by atoms with Crippen LogP contribution in [0.3, 0.4) is 0 Å². The predicted octanol–water partition coefficient (Wildman–Crippen LogP) is 3.72. The molecule has 0 atom stereocenters. The van der Waals surface area contributed by atoms with Gasteiger partial charge in [-0.3, -0.25) is 10.8 Å². The summed E-state index contributed by atoms with van der Waals surface area (Å²) in [7, 11) is 1.65. The highest BCUT2D eigenvalue weighted by Gasteiger charge is 2.19. The van der Waals surface area contributed by atoms with E-state index >= 15 is 0 Å². The van der Waals surface area contributed by atoms with Crippen LogP contribution in [0.4, 0.5) is 5.69 Å². The number of pyridine rings is 1. The first-order chi connectivity index (χ1) is 9.01. The molecule has 0 aliphatic carbocycles. The fourth-order valence-corrected chi connectivity index (χ4v) is 2.89. The van der Waals surface area contributed by atoms with E-state index in [1.54, 1.807) is 7.11 Å². The van der Waals surface area contributed by atoms with Crippen LogP contribution in [0.2, 0.25) is 0 Å². The Morgan fingerprint density at radius 1 is 1.37 bits per heavy atom. The van der Waals surface area contributed by atoms with Crippen molar-refractivity contribution in [1.82, 2.24) is 4.98 Å². The molecular formula is C14H18BrN3O. The Bertz CT molecular complexity index is 626. The van der Waals surface area contributed by atoms with Crippen molar-refractivity contribution in [2.75, 3.05) is 12.5 Å². The number of benzene rings is 1. The Morgan fingerprint density at radius 2 is 2.05 bits per heavy atom. The summed E-state index contributed by atoms with van der Waals surface area (Å²) in [5.41, 5.74) is 6.66. The summed E-state index contributed by atoms with van der Waals surface area (Å²) in [6.45, 7) is 6.25. The SMILES string of the molecule is COc1ccc(Br)c2nc(C)c(C(C)C)c(NN)c12. The second kappa shape index (κ2) is 5.35. The van der Waals surface area contributed by atoms with Gasteiger partial charge in [0.2, 0.25) is 0 Å². The normalized spacial score (nSPS) is 11.1. The number of methoxy groups -OCH3 is 1. The number of rotatable bonds is 3. The molecule has 2 rings (SSSR count). The van der Waals surface area contributed by atoms with E-state index in [9.17, 15) is 0 Å². The number of nitrogens with one attached hydrogen (secondary N) is 1. The summed E-state index contributed by atoms with van der Waals surface area (Å²) in [4.78, 5) is 4.69. The molecule has 5 heteroatoms. The summed E-state index contributed by atoms with van der Waals surface area (Å²) < 4.78 is 6.37. The smallest absolute Gasteiger partial charge is 0.130 e. The van der Waals surface area contributed by atoms with Crippen LogP contribution >= 0.6 is 15.9 Å². The van der Waals surface area contributed by atoms with Crippen LogP contribution in [0, 0.1) is 6.92 Å². The van der Waals surface area contributed by atoms with Crippen molar-refractivity contribution in [3.05, 3.63) is 27.9 Å². The Hall–Kier alpha value is -1.33. The van der Waals surface area contributed by atoms with Gasteiger partial charge in [-0.1, -0.05) is 13.8 Å². The molecule has 0 aliphatic heterocycles. The first-order valence-electron chi connectivity index (χ1n) is 6.14. The average molecular weight is 324 g/mol. The summed E-state index contributed by atoms with van der Waals surface area (Å²) >= 11 is 3.53. The third kappa shape index (κ3) is 2.28. The number of aryl methyl sites for hydroxylation is 1. The minimum absolute atomic E-state index is 0.326. The third-order valence-corrected chi connectivity index (χ3v) is 3.86.